The van der Waals surface area contributed by atoms with E-state index in [2.05, 4.69) is 16.1 Å². The number of aromatic nitrogens is 1. The van der Waals surface area contributed by atoms with E-state index in [1.807, 2.05) is 44.3 Å². The van der Waals surface area contributed by atoms with Crippen molar-refractivity contribution in [3.05, 3.63) is 48.3 Å². The Balaban J connectivity index is 0.000000531. The zero-order valence-electron chi connectivity index (χ0n) is 9.22. The van der Waals surface area contributed by atoms with Crippen molar-refractivity contribution >= 4 is 11.9 Å². The van der Waals surface area contributed by atoms with Crippen molar-refractivity contribution in [2.45, 2.75) is 20.3 Å². The van der Waals surface area contributed by atoms with Crippen molar-refractivity contribution in [1.82, 2.24) is 4.98 Å². The van der Waals surface area contributed by atoms with Crippen LogP contribution in [0.4, 0.5) is 0 Å². The Bertz CT molecular complexity index is 361. The molecule has 0 aliphatic carbocycles. The smallest absolute Gasteiger partial charge is 0.0699 e. The van der Waals surface area contributed by atoms with Gasteiger partial charge in [0.15, 0.2) is 0 Å². The minimum Gasteiger partial charge on any atom is -0.265 e. The summed E-state index contributed by atoms with van der Waals surface area (Å²) < 4.78 is 0. The summed E-state index contributed by atoms with van der Waals surface area (Å²) in [4.78, 5) is 8.31. The van der Waals surface area contributed by atoms with Gasteiger partial charge >= 0.3 is 0 Å². The first kappa shape index (κ1) is 11.4. The van der Waals surface area contributed by atoms with Crippen LogP contribution in [0.2, 0.25) is 0 Å². The lowest BCUT2D eigenvalue weighted by molar-refractivity contribution is 1.31. The average Bonchev–Trinajstić information content (AvgIpc) is 2.61. The number of pyridine rings is 1. The van der Waals surface area contributed by atoms with Crippen molar-refractivity contribution in [2.75, 3.05) is 0 Å². The highest BCUT2D eigenvalue weighted by Gasteiger charge is 1.97. The highest BCUT2D eigenvalue weighted by Crippen LogP contribution is 2.15. The molecule has 2 heteroatoms. The van der Waals surface area contributed by atoms with Gasteiger partial charge < -0.3 is 0 Å². The molecule has 0 fully saturated rings. The molecule has 2 nitrogen and oxygen atoms in total. The summed E-state index contributed by atoms with van der Waals surface area (Å²) in [6.07, 6.45) is 12.5. The third-order valence-corrected chi connectivity index (χ3v) is 1.84. The maximum absolute atomic E-state index is 4.34. The van der Waals surface area contributed by atoms with Crippen LogP contribution >= 0.6 is 0 Å². The fourth-order valence-corrected chi connectivity index (χ4v) is 1.19. The second-order valence-electron chi connectivity index (χ2n) is 2.76. The molecule has 78 valence electrons. The lowest BCUT2D eigenvalue weighted by Crippen LogP contribution is -1.81. The van der Waals surface area contributed by atoms with E-state index in [9.17, 15) is 0 Å². The van der Waals surface area contributed by atoms with E-state index in [0.717, 1.165) is 17.7 Å². The van der Waals surface area contributed by atoms with Crippen LogP contribution in [0.3, 0.4) is 0 Å². The molecular weight excluding hydrogens is 184 g/mol. The van der Waals surface area contributed by atoms with Gasteiger partial charge in [0.05, 0.1) is 5.70 Å². The Morgan fingerprint density at radius 1 is 1.13 bits per heavy atom. The molecule has 0 saturated heterocycles. The molecule has 0 saturated carbocycles. The maximum Gasteiger partial charge on any atom is 0.0699 e. The first-order valence-electron chi connectivity index (χ1n) is 5.26. The van der Waals surface area contributed by atoms with Crippen LogP contribution in [0, 0.1) is 0 Å². The zero-order chi connectivity index (χ0) is 10.9. The van der Waals surface area contributed by atoms with Gasteiger partial charge in [-0.2, -0.15) is 0 Å². The van der Waals surface area contributed by atoms with E-state index in [4.69, 9.17) is 0 Å². The predicted molar refractivity (Wildman–Crippen MR) is 65.8 cm³/mol. The monoisotopic (exact) mass is 200 g/mol. The van der Waals surface area contributed by atoms with Crippen LogP contribution < -0.4 is 0 Å². The molecule has 1 aliphatic rings. The fourth-order valence-electron chi connectivity index (χ4n) is 1.19. The normalized spacial score (nSPS) is 13.6. The average molecular weight is 200 g/mol. The van der Waals surface area contributed by atoms with Crippen molar-refractivity contribution in [3.8, 4) is 0 Å². The number of aliphatic imine (C=N–C) groups is 1. The second-order valence-corrected chi connectivity index (χ2v) is 2.76. The van der Waals surface area contributed by atoms with Gasteiger partial charge in [0.2, 0.25) is 0 Å². The van der Waals surface area contributed by atoms with Crippen molar-refractivity contribution < 1.29 is 0 Å². The highest BCUT2D eigenvalue weighted by molar-refractivity contribution is 5.76. The van der Waals surface area contributed by atoms with Gasteiger partial charge in [-0.3, -0.25) is 9.98 Å². The molecule has 0 atom stereocenters. The summed E-state index contributed by atoms with van der Waals surface area (Å²) in [7, 11) is 0. The second kappa shape index (κ2) is 6.71. The summed E-state index contributed by atoms with van der Waals surface area (Å²) in [6.45, 7) is 4.00. The van der Waals surface area contributed by atoms with Crippen LogP contribution in [0.5, 0.6) is 0 Å². The Morgan fingerprint density at radius 3 is 2.60 bits per heavy atom. The van der Waals surface area contributed by atoms with E-state index >= 15 is 0 Å². The van der Waals surface area contributed by atoms with Gasteiger partial charge in [-0.05, 0) is 18.2 Å². The summed E-state index contributed by atoms with van der Waals surface area (Å²) in [5.74, 6) is 0. The summed E-state index contributed by atoms with van der Waals surface area (Å²) >= 11 is 0. The Labute approximate surface area is 91.1 Å². The molecular formula is C13H16N2. The quantitative estimate of drug-likeness (QED) is 0.681. The first-order valence-corrected chi connectivity index (χ1v) is 5.26. The minimum atomic E-state index is 0.908. The molecule has 1 aromatic heterocycles. The van der Waals surface area contributed by atoms with E-state index in [-0.39, 0.29) is 0 Å². The minimum absolute atomic E-state index is 0.908. The summed E-state index contributed by atoms with van der Waals surface area (Å²) in [5.41, 5.74) is 2.11. The van der Waals surface area contributed by atoms with Crippen LogP contribution in [0.15, 0.2) is 47.7 Å². The largest absolute Gasteiger partial charge is 0.265 e. The van der Waals surface area contributed by atoms with Gasteiger partial charge in [0.25, 0.3) is 0 Å². The zero-order valence-corrected chi connectivity index (χ0v) is 9.22. The number of rotatable bonds is 1. The van der Waals surface area contributed by atoms with Crippen LogP contribution in [-0.4, -0.2) is 11.2 Å². The molecule has 2 heterocycles. The molecule has 2 rings (SSSR count). The van der Waals surface area contributed by atoms with Gasteiger partial charge in [-0.15, -0.1) is 0 Å². The fraction of sp³-hybridized carbons (Fsp3) is 0.231. The lowest BCUT2D eigenvalue weighted by atomic mass is 10.2. The summed E-state index contributed by atoms with van der Waals surface area (Å²) in [6, 6.07) is 3.92. The Morgan fingerprint density at radius 2 is 1.87 bits per heavy atom. The van der Waals surface area contributed by atoms with Crippen molar-refractivity contribution in [3.63, 3.8) is 0 Å². The number of allylic oxidation sites excluding steroid dienone is 3. The molecule has 1 aliphatic heterocycles. The molecule has 0 aromatic carbocycles. The van der Waals surface area contributed by atoms with Gasteiger partial charge in [-0.25, -0.2) is 0 Å². The number of hydrogen-bond acceptors (Lipinski definition) is 2. The molecule has 0 radical (unpaired) electrons. The molecule has 0 unspecified atom stereocenters. The number of hydrogen-bond donors (Lipinski definition) is 0. The van der Waals surface area contributed by atoms with E-state index in [0.29, 0.717) is 0 Å². The van der Waals surface area contributed by atoms with E-state index in [1.54, 1.807) is 12.4 Å². The van der Waals surface area contributed by atoms with Crippen molar-refractivity contribution in [1.29, 1.82) is 0 Å². The van der Waals surface area contributed by atoms with Crippen LogP contribution in [-0.2, 0) is 0 Å². The third kappa shape index (κ3) is 3.50. The van der Waals surface area contributed by atoms with E-state index in [1.165, 1.54) is 0 Å². The topological polar surface area (TPSA) is 25.2 Å². The first-order chi connectivity index (χ1) is 7.47. The number of nitrogens with zero attached hydrogens (tertiary/aromatic N) is 2. The lowest BCUT2D eigenvalue weighted by Gasteiger charge is -1.98. The van der Waals surface area contributed by atoms with E-state index < -0.39 is 0 Å². The maximum atomic E-state index is 4.34. The molecule has 0 bridgehead atoms. The highest BCUT2D eigenvalue weighted by atomic mass is 14.7. The molecule has 0 N–H and O–H groups in total. The standard InChI is InChI=1S/C11H10N2.C2H6/c1-2-4-11(13-7-3-1)10-5-8-12-9-6-10;1-2/h1-2,4-9H,3H2;1-2H3. The Hall–Kier alpha value is -1.70. The van der Waals surface area contributed by atoms with Gasteiger partial charge in [-0.1, -0.05) is 26.0 Å². The predicted octanol–water partition coefficient (Wildman–Crippen LogP) is 3.48. The third-order valence-electron chi connectivity index (χ3n) is 1.84. The van der Waals surface area contributed by atoms with Crippen LogP contribution in [0.25, 0.3) is 5.70 Å². The van der Waals surface area contributed by atoms with Gasteiger partial charge in [0.1, 0.15) is 0 Å². The van der Waals surface area contributed by atoms with Crippen LogP contribution in [0.1, 0.15) is 25.8 Å². The molecule has 0 amide bonds. The Kier molecular flexibility index (Phi) is 5.09. The summed E-state index contributed by atoms with van der Waals surface area (Å²) in [5, 5.41) is 0. The molecule has 1 aromatic rings. The molecule has 15 heavy (non-hydrogen) atoms. The molecule has 0 spiro atoms. The van der Waals surface area contributed by atoms with Crippen molar-refractivity contribution in [2.24, 2.45) is 4.99 Å². The SMILES string of the molecule is C1=CCC=NC(c2ccncc2)=C1.CC. The van der Waals surface area contributed by atoms with Gasteiger partial charge in [0, 0.05) is 30.6 Å².